The Bertz CT molecular complexity index is 3250. The Morgan fingerprint density at radius 2 is 1.33 bits per heavy atom. The van der Waals surface area contributed by atoms with Crippen molar-refractivity contribution in [3.63, 3.8) is 0 Å². The molecule has 28 heteroatoms. The summed E-state index contributed by atoms with van der Waals surface area (Å²) in [6.07, 6.45) is 3.12. The number of quaternary nitrogens is 1. The lowest BCUT2D eigenvalue weighted by molar-refractivity contribution is -0.135. The molecule has 0 aliphatic carbocycles. The predicted octanol–water partition coefficient (Wildman–Crippen LogP) is 0.135. The van der Waals surface area contributed by atoms with Gasteiger partial charge < -0.3 is 74.0 Å². The Kier molecular flexibility index (Phi) is 28.7. The number of amides is 11. The number of hydrogen-bond donors (Lipinski definition) is 13. The summed E-state index contributed by atoms with van der Waals surface area (Å²) in [7, 11) is 7.41. The Balaban J connectivity index is 1.42. The number of nitrogens with two attached hydrogens (primary N) is 2. The number of fused-ring (bicyclic) bond motifs is 1. The first kappa shape index (κ1) is 74.2. The Morgan fingerprint density at radius 3 is 1.95 bits per heavy atom. The number of imidazole rings is 1. The van der Waals surface area contributed by atoms with E-state index in [1.807, 2.05) is 67.0 Å². The first-order chi connectivity index (χ1) is 42.8. The van der Waals surface area contributed by atoms with Crippen molar-refractivity contribution < 1.29 is 57.8 Å². The molecule has 4 rings (SSSR count). The molecule has 28 nitrogen and oxygen atoms in total. The number of benzene rings is 2. The van der Waals surface area contributed by atoms with Gasteiger partial charge in [0.05, 0.1) is 52.6 Å². The molecule has 496 valence electrons. The van der Waals surface area contributed by atoms with Crippen molar-refractivity contribution in [1.29, 1.82) is 5.26 Å². The van der Waals surface area contributed by atoms with E-state index in [-0.39, 0.29) is 69.7 Å². The highest BCUT2D eigenvalue weighted by Gasteiger charge is 2.34. The number of carbonyl (C=O) groups is 11. The molecule has 2 aromatic heterocycles. The summed E-state index contributed by atoms with van der Waals surface area (Å²) in [6.45, 7) is 11.6. The number of nitrogens with one attached hydrogen (secondary N) is 10. The highest BCUT2D eigenvalue weighted by molar-refractivity contribution is 5.98. The lowest BCUT2D eigenvalue weighted by Crippen LogP contribution is -2.59. The van der Waals surface area contributed by atoms with Crippen LogP contribution in [-0.4, -0.2) is 167 Å². The minimum Gasteiger partial charge on any atom is -0.390 e. The number of aromatic nitrogens is 3. The van der Waals surface area contributed by atoms with Crippen molar-refractivity contribution >= 4 is 81.6 Å². The van der Waals surface area contributed by atoms with E-state index in [1.54, 1.807) is 49.9 Å². The molecule has 8 atom stereocenters. The van der Waals surface area contributed by atoms with Crippen molar-refractivity contribution in [3.05, 3.63) is 83.6 Å². The molecule has 0 saturated carbocycles. The van der Waals surface area contributed by atoms with E-state index in [4.69, 9.17) is 11.5 Å². The molecule has 15 N–H and O–H groups in total. The van der Waals surface area contributed by atoms with Gasteiger partial charge in [0.2, 0.25) is 59.1 Å². The first-order valence-electron chi connectivity index (χ1n) is 30.6. The number of aryl methyl sites for hydroxylation is 1. The standard InChI is InChI=1S/C63H92N16O12/c1-35(2)24-46(51(80)29-54(83)73-47(57(66)85)25-36(3)4)75-62(90)49(28-42-32-67-34-78(42)8)74-55(84)33-70-63(91)56(37(5)6)77-58(86)38(7)71-61(89)48(27-41-31-69-44-17-13-12-16-43(41)44)76-60(88)45(20-22-52(65)81)72-53(82)18-14-15-23-68-59(87)39-19-21-50(79(9,10)11)40(26-39)30-64/h12-13,16-17,19,21,26,31-32,34-38,45-49,51,56,69,80H,14-15,18,20,22-25,27-29,33H2,1-11H3,(H12-,65,66,68,70,71,72,73,74,75,76,77,81,82,83,84,85,86,87,88,89,90,91)/p+1/t38-,45-,46-,47-,48-,49-,51-,56-/m0/s1. The van der Waals surface area contributed by atoms with Gasteiger partial charge in [-0.3, -0.25) is 57.2 Å². The fraction of sp³-hybridized carbons (Fsp3) is 0.540. The van der Waals surface area contributed by atoms with Crippen LogP contribution in [0.3, 0.4) is 0 Å². The fourth-order valence-corrected chi connectivity index (χ4v) is 10.0. The van der Waals surface area contributed by atoms with Gasteiger partial charge in [-0.2, -0.15) is 5.26 Å². The van der Waals surface area contributed by atoms with Crippen LogP contribution in [0.4, 0.5) is 5.69 Å². The maximum absolute atomic E-state index is 14.3. The monoisotopic (exact) mass is 1270 g/mol. The van der Waals surface area contributed by atoms with Crippen LogP contribution >= 0.6 is 0 Å². The van der Waals surface area contributed by atoms with Crippen molar-refractivity contribution in [2.75, 3.05) is 34.2 Å². The summed E-state index contributed by atoms with van der Waals surface area (Å²) >= 11 is 0. The molecule has 11 amide bonds. The Labute approximate surface area is 530 Å². The molecule has 4 aromatic rings. The summed E-state index contributed by atoms with van der Waals surface area (Å²) in [5.74, 6) is -8.52. The Morgan fingerprint density at radius 1 is 0.692 bits per heavy atom. The average Bonchev–Trinajstić information content (AvgIpc) is 1.83. The predicted molar refractivity (Wildman–Crippen MR) is 340 cm³/mol. The minimum atomic E-state index is -1.41. The number of para-hydroxylation sites is 1. The lowest BCUT2D eigenvalue weighted by atomic mass is 9.96. The van der Waals surface area contributed by atoms with Gasteiger partial charge in [-0.15, -0.1) is 0 Å². The molecule has 91 heavy (non-hydrogen) atoms. The van der Waals surface area contributed by atoms with Crippen LogP contribution < -0.4 is 63.8 Å². The van der Waals surface area contributed by atoms with Gasteiger partial charge in [0, 0.05) is 79.9 Å². The van der Waals surface area contributed by atoms with Crippen LogP contribution in [0.25, 0.3) is 10.9 Å². The molecule has 0 aliphatic rings. The molecular weight excluding hydrogens is 1170 g/mol. The molecule has 0 fully saturated rings. The molecule has 0 saturated heterocycles. The smallest absolute Gasteiger partial charge is 0.251 e. The van der Waals surface area contributed by atoms with Gasteiger partial charge >= 0.3 is 0 Å². The van der Waals surface area contributed by atoms with Gasteiger partial charge in [0.15, 0.2) is 0 Å². The van der Waals surface area contributed by atoms with Crippen LogP contribution in [-0.2, 0) is 67.8 Å². The number of H-pyrrole nitrogens is 1. The van der Waals surface area contributed by atoms with Crippen molar-refractivity contribution in [2.45, 2.75) is 161 Å². The van der Waals surface area contributed by atoms with Crippen molar-refractivity contribution in [1.82, 2.24) is 66.9 Å². The maximum Gasteiger partial charge on any atom is 0.251 e. The number of primary amides is 2. The summed E-state index contributed by atoms with van der Waals surface area (Å²) in [4.78, 5) is 155. The third kappa shape index (κ3) is 24.2. The fourth-order valence-electron chi connectivity index (χ4n) is 10.0. The summed E-state index contributed by atoms with van der Waals surface area (Å²) in [5.41, 5.74) is 14.3. The zero-order chi connectivity index (χ0) is 67.9. The highest BCUT2D eigenvalue weighted by atomic mass is 16.3. The van der Waals surface area contributed by atoms with E-state index in [2.05, 4.69) is 63.9 Å². The van der Waals surface area contributed by atoms with Crippen molar-refractivity contribution in [2.24, 2.45) is 36.3 Å². The molecule has 0 spiro atoms. The van der Waals surface area contributed by atoms with Gasteiger partial charge in [-0.1, -0.05) is 59.7 Å². The van der Waals surface area contributed by atoms with Crippen LogP contribution in [0, 0.1) is 29.1 Å². The number of rotatable bonds is 37. The number of nitriles is 1. The lowest BCUT2D eigenvalue weighted by Gasteiger charge is -2.28. The van der Waals surface area contributed by atoms with Crippen LogP contribution in [0.1, 0.15) is 127 Å². The molecule has 0 unspecified atom stereocenters. The molecule has 0 radical (unpaired) electrons. The number of nitrogens with zero attached hydrogens (tertiary/aromatic N) is 4. The third-order valence-corrected chi connectivity index (χ3v) is 15.0. The van der Waals surface area contributed by atoms with E-state index >= 15 is 0 Å². The Hall–Kier alpha value is -9.23. The van der Waals surface area contributed by atoms with E-state index in [1.165, 1.54) is 25.5 Å². The number of aliphatic hydroxyl groups is 1. The maximum atomic E-state index is 14.3. The zero-order valence-electron chi connectivity index (χ0n) is 54.0. The number of aromatic amines is 1. The second-order valence-electron chi connectivity index (χ2n) is 25.0. The van der Waals surface area contributed by atoms with Crippen molar-refractivity contribution in [3.8, 4) is 6.07 Å². The van der Waals surface area contributed by atoms with E-state index < -0.39 is 132 Å². The van der Waals surface area contributed by atoms with Gasteiger partial charge in [0.25, 0.3) is 5.91 Å². The molecular formula is C63H93N16O12+. The molecule has 0 aliphatic heterocycles. The van der Waals surface area contributed by atoms with Gasteiger partial charge in [0.1, 0.15) is 53.6 Å². The molecule has 2 aromatic carbocycles. The van der Waals surface area contributed by atoms with Crippen LogP contribution in [0.15, 0.2) is 61.2 Å². The van der Waals surface area contributed by atoms with Crippen LogP contribution in [0.2, 0.25) is 0 Å². The number of hydrogen-bond acceptors (Lipinski definition) is 14. The number of unbranched alkanes of at least 4 members (excludes halogenated alkanes) is 1. The van der Waals surface area contributed by atoms with Gasteiger partial charge in [-0.25, -0.2) is 4.98 Å². The van der Waals surface area contributed by atoms with E-state index in [0.717, 1.165) is 16.6 Å². The summed E-state index contributed by atoms with van der Waals surface area (Å²) in [6, 6.07) is 5.68. The SMILES string of the molecule is CC(C)C[C@H](NC(=O)C[C@H](O)[C@H](CC(C)C)NC(=O)[C@H](Cc1cncn1C)NC(=O)CNC(=O)[C@@H](NC(=O)[C@H](C)NC(=O)[C@H](Cc1c[nH]c2ccccc12)NC(=O)[C@H](CCC(N)=O)NC(=O)CCCCNC(=O)c1ccc([N+](C)(C)C)c(C#N)c1)C(C)C)C(N)=O. The molecule has 0 bridgehead atoms. The summed E-state index contributed by atoms with van der Waals surface area (Å²) in [5, 5.41) is 45.6. The average molecular weight is 1270 g/mol. The quantitative estimate of drug-likeness (QED) is 0.0211. The number of carbonyl (C=O) groups excluding carboxylic acids is 11. The third-order valence-electron chi connectivity index (χ3n) is 15.0. The van der Waals surface area contributed by atoms with E-state index in [0.29, 0.717) is 33.3 Å². The summed E-state index contributed by atoms with van der Waals surface area (Å²) < 4.78 is 2.02. The normalized spacial score (nSPS) is 14.1. The topological polar surface area (TPSA) is 426 Å². The minimum absolute atomic E-state index is 0.0264. The second-order valence-corrected chi connectivity index (χ2v) is 25.0. The molecule has 2 heterocycles. The second kappa shape index (κ2) is 35.2. The largest absolute Gasteiger partial charge is 0.390 e. The van der Waals surface area contributed by atoms with Gasteiger partial charge in [-0.05, 0) is 80.5 Å². The number of aliphatic hydroxyl groups excluding tert-OH is 1. The van der Waals surface area contributed by atoms with E-state index in [9.17, 15) is 63.1 Å². The van der Waals surface area contributed by atoms with Crippen LogP contribution in [0.5, 0.6) is 0 Å². The zero-order valence-corrected chi connectivity index (χ0v) is 54.0. The first-order valence-corrected chi connectivity index (χ1v) is 30.6. The highest BCUT2D eigenvalue weighted by Crippen LogP contribution is 2.24.